The van der Waals surface area contributed by atoms with E-state index in [4.69, 9.17) is 5.73 Å². The van der Waals surface area contributed by atoms with Crippen molar-refractivity contribution in [2.45, 2.75) is 35.9 Å². The zero-order valence-electron chi connectivity index (χ0n) is 10.7. The fourth-order valence-electron chi connectivity index (χ4n) is 1.68. The molecule has 0 aliphatic rings. The van der Waals surface area contributed by atoms with Crippen LogP contribution in [0.2, 0.25) is 0 Å². The molecule has 1 aromatic heterocycles. The molecule has 1 aromatic carbocycles. The first kappa shape index (κ1) is 14.0. The van der Waals surface area contributed by atoms with Crippen LogP contribution in [-0.2, 0) is 6.42 Å². The van der Waals surface area contributed by atoms with E-state index in [0.717, 1.165) is 12.0 Å². The lowest BCUT2D eigenvalue weighted by Gasteiger charge is -2.13. The second-order valence-corrected chi connectivity index (χ2v) is 5.21. The molecule has 0 aliphatic heterocycles. The number of benzene rings is 1. The Morgan fingerprint density at radius 2 is 2.00 bits per heavy atom. The lowest BCUT2D eigenvalue weighted by atomic mass is 10.0. The van der Waals surface area contributed by atoms with Gasteiger partial charge in [0.25, 0.3) is 0 Å². The second-order valence-electron chi connectivity index (χ2n) is 4.23. The average Bonchev–Trinajstić information content (AvgIpc) is 2.43. The number of rotatable bonds is 5. The minimum absolute atomic E-state index is 0.0397. The van der Waals surface area contributed by atoms with Gasteiger partial charge in [0.15, 0.2) is 5.16 Å². The Morgan fingerprint density at radius 1 is 1.26 bits per heavy atom. The number of aromatic nitrogens is 2. The molecule has 2 N–H and O–H groups in total. The van der Waals surface area contributed by atoms with Gasteiger partial charge in [0, 0.05) is 18.4 Å². The van der Waals surface area contributed by atoms with Gasteiger partial charge >= 0.3 is 0 Å². The largest absolute Gasteiger partial charge is 0.327 e. The third-order valence-corrected chi connectivity index (χ3v) is 3.85. The number of nitrogens with zero attached hydrogens (tertiary/aromatic N) is 2. The molecule has 0 aliphatic carbocycles. The predicted octanol–water partition coefficient (Wildman–Crippen LogP) is 3.05. The van der Waals surface area contributed by atoms with Crippen LogP contribution in [0.5, 0.6) is 0 Å². The van der Waals surface area contributed by atoms with E-state index in [1.165, 1.54) is 17.8 Å². The first-order chi connectivity index (χ1) is 9.20. The Balaban J connectivity index is 2.27. The molecule has 100 valence electrons. The van der Waals surface area contributed by atoms with E-state index in [2.05, 4.69) is 9.97 Å². The molecule has 2 rings (SSSR count). The lowest BCUT2D eigenvalue weighted by Crippen LogP contribution is -2.21. The van der Waals surface area contributed by atoms with Gasteiger partial charge in [-0.2, -0.15) is 0 Å². The summed E-state index contributed by atoms with van der Waals surface area (Å²) in [5.41, 5.74) is 6.86. The van der Waals surface area contributed by atoms with E-state index >= 15 is 0 Å². The quantitative estimate of drug-likeness (QED) is 0.853. The molecular formula is C14H16FN3S. The van der Waals surface area contributed by atoms with Crippen LogP contribution in [-0.4, -0.2) is 16.0 Å². The SMILES string of the molecule is CCC(N)Cc1cccc(F)c1Sc1ncccn1. The summed E-state index contributed by atoms with van der Waals surface area (Å²) in [4.78, 5) is 8.79. The normalized spacial score (nSPS) is 12.4. The van der Waals surface area contributed by atoms with Crippen LogP contribution < -0.4 is 5.73 Å². The van der Waals surface area contributed by atoms with Gasteiger partial charge in [-0.15, -0.1) is 0 Å². The third-order valence-electron chi connectivity index (χ3n) is 2.79. The van der Waals surface area contributed by atoms with Gasteiger partial charge in [-0.25, -0.2) is 14.4 Å². The fraction of sp³-hybridized carbons (Fsp3) is 0.286. The summed E-state index contributed by atoms with van der Waals surface area (Å²) in [7, 11) is 0. The maximum absolute atomic E-state index is 14.0. The first-order valence-electron chi connectivity index (χ1n) is 6.18. The van der Waals surface area contributed by atoms with Crippen LogP contribution in [0.3, 0.4) is 0 Å². The van der Waals surface area contributed by atoms with Crippen molar-refractivity contribution in [1.82, 2.24) is 9.97 Å². The van der Waals surface area contributed by atoms with Gasteiger partial charge in [-0.3, -0.25) is 0 Å². The van der Waals surface area contributed by atoms with Crippen molar-refractivity contribution >= 4 is 11.8 Å². The summed E-state index contributed by atoms with van der Waals surface area (Å²) in [5, 5.41) is 0.541. The molecule has 5 heteroatoms. The summed E-state index contributed by atoms with van der Waals surface area (Å²) in [6.07, 6.45) is 4.81. The molecule has 0 bridgehead atoms. The first-order valence-corrected chi connectivity index (χ1v) is 7.00. The standard InChI is InChI=1S/C14H16FN3S/c1-2-11(16)9-10-5-3-6-12(15)13(10)19-14-17-7-4-8-18-14/h3-8,11H,2,9,16H2,1H3. The van der Waals surface area contributed by atoms with Crippen LogP contribution in [0.4, 0.5) is 4.39 Å². The molecule has 0 amide bonds. The molecule has 1 heterocycles. The van der Waals surface area contributed by atoms with Gasteiger partial charge in [0.05, 0.1) is 4.90 Å². The highest BCUT2D eigenvalue weighted by Gasteiger charge is 2.13. The van der Waals surface area contributed by atoms with E-state index in [0.29, 0.717) is 16.5 Å². The van der Waals surface area contributed by atoms with Gasteiger partial charge in [-0.05, 0) is 42.3 Å². The van der Waals surface area contributed by atoms with Crippen LogP contribution >= 0.6 is 11.8 Å². The number of nitrogens with two attached hydrogens (primary N) is 1. The van der Waals surface area contributed by atoms with Crippen molar-refractivity contribution in [2.75, 3.05) is 0 Å². The second kappa shape index (κ2) is 6.63. The van der Waals surface area contributed by atoms with Gasteiger partial charge < -0.3 is 5.73 Å². The smallest absolute Gasteiger partial charge is 0.192 e. The summed E-state index contributed by atoms with van der Waals surface area (Å²) < 4.78 is 14.0. The highest BCUT2D eigenvalue weighted by atomic mass is 32.2. The maximum Gasteiger partial charge on any atom is 0.192 e. The van der Waals surface area contributed by atoms with E-state index in [1.54, 1.807) is 24.5 Å². The Kier molecular flexibility index (Phi) is 4.87. The molecule has 1 unspecified atom stereocenters. The Labute approximate surface area is 116 Å². The van der Waals surface area contributed by atoms with Crippen molar-refractivity contribution in [3.63, 3.8) is 0 Å². The molecule has 19 heavy (non-hydrogen) atoms. The van der Waals surface area contributed by atoms with E-state index in [1.807, 2.05) is 13.0 Å². The zero-order valence-corrected chi connectivity index (χ0v) is 11.5. The molecule has 0 spiro atoms. The zero-order chi connectivity index (χ0) is 13.7. The van der Waals surface area contributed by atoms with E-state index in [-0.39, 0.29) is 11.9 Å². The van der Waals surface area contributed by atoms with Crippen molar-refractivity contribution in [3.8, 4) is 0 Å². The van der Waals surface area contributed by atoms with Crippen molar-refractivity contribution in [1.29, 1.82) is 0 Å². The van der Waals surface area contributed by atoms with E-state index in [9.17, 15) is 4.39 Å². The molecule has 0 saturated heterocycles. The van der Waals surface area contributed by atoms with Crippen LogP contribution in [0.25, 0.3) is 0 Å². The number of hydrogen-bond donors (Lipinski definition) is 1. The van der Waals surface area contributed by atoms with Crippen molar-refractivity contribution < 1.29 is 4.39 Å². The maximum atomic E-state index is 14.0. The summed E-state index contributed by atoms with van der Waals surface area (Å²) in [6.45, 7) is 2.02. The highest BCUT2D eigenvalue weighted by Crippen LogP contribution is 2.31. The van der Waals surface area contributed by atoms with Gasteiger partial charge in [0.1, 0.15) is 5.82 Å². The molecule has 0 radical (unpaired) electrons. The molecule has 1 atom stereocenters. The summed E-state index contributed by atoms with van der Waals surface area (Å²) in [5.74, 6) is -0.252. The van der Waals surface area contributed by atoms with Gasteiger partial charge in [-0.1, -0.05) is 19.1 Å². The molecule has 0 fully saturated rings. The highest BCUT2D eigenvalue weighted by molar-refractivity contribution is 7.99. The minimum atomic E-state index is -0.252. The van der Waals surface area contributed by atoms with Crippen LogP contribution in [0, 0.1) is 5.82 Å². The molecule has 0 saturated carbocycles. The number of hydrogen-bond acceptors (Lipinski definition) is 4. The lowest BCUT2D eigenvalue weighted by molar-refractivity contribution is 0.585. The minimum Gasteiger partial charge on any atom is -0.327 e. The monoisotopic (exact) mass is 277 g/mol. The van der Waals surface area contributed by atoms with Crippen molar-refractivity contribution in [2.24, 2.45) is 5.73 Å². The van der Waals surface area contributed by atoms with Gasteiger partial charge in [0.2, 0.25) is 0 Å². The molecular weight excluding hydrogens is 261 g/mol. The van der Waals surface area contributed by atoms with Crippen LogP contribution in [0.15, 0.2) is 46.7 Å². The number of halogens is 1. The molecule has 3 nitrogen and oxygen atoms in total. The van der Waals surface area contributed by atoms with Crippen molar-refractivity contribution in [3.05, 3.63) is 48.0 Å². The topological polar surface area (TPSA) is 51.8 Å². The molecule has 2 aromatic rings. The third kappa shape index (κ3) is 3.75. The fourth-order valence-corrected chi connectivity index (χ4v) is 2.54. The Bertz CT molecular complexity index is 533. The Hall–Kier alpha value is -1.46. The predicted molar refractivity (Wildman–Crippen MR) is 74.5 cm³/mol. The average molecular weight is 277 g/mol. The Morgan fingerprint density at radius 3 is 2.68 bits per heavy atom. The summed E-state index contributed by atoms with van der Waals surface area (Å²) >= 11 is 1.24. The van der Waals surface area contributed by atoms with Crippen LogP contribution in [0.1, 0.15) is 18.9 Å². The van der Waals surface area contributed by atoms with E-state index < -0.39 is 0 Å². The summed E-state index contributed by atoms with van der Waals surface area (Å²) in [6, 6.07) is 6.84.